The molecule has 1 aliphatic heterocycles. The third-order valence-electron chi connectivity index (χ3n) is 5.92. The number of hydrogen-bond acceptors (Lipinski definition) is 6. The van der Waals surface area contributed by atoms with Gasteiger partial charge in [0.25, 0.3) is 5.91 Å². The summed E-state index contributed by atoms with van der Waals surface area (Å²) in [7, 11) is 3.26. The molecule has 1 aromatic heterocycles. The van der Waals surface area contributed by atoms with Crippen LogP contribution in [0.1, 0.15) is 43.8 Å². The number of carbonyl (C=O) groups is 1. The fraction of sp³-hybridized carbons (Fsp3) is 0.542. The number of rotatable bonds is 8. The molecule has 7 nitrogen and oxygen atoms in total. The van der Waals surface area contributed by atoms with Gasteiger partial charge in [0.2, 0.25) is 0 Å². The average Bonchev–Trinajstić information content (AvgIpc) is 2.77. The van der Waals surface area contributed by atoms with Crippen LogP contribution in [0, 0.1) is 12.8 Å². The lowest BCUT2D eigenvalue weighted by Gasteiger charge is -2.36. The Morgan fingerprint density at radius 3 is 2.61 bits per heavy atom. The predicted octanol–water partition coefficient (Wildman–Crippen LogP) is 3.61. The lowest BCUT2D eigenvalue weighted by atomic mass is 9.91. The van der Waals surface area contributed by atoms with Gasteiger partial charge < -0.3 is 19.7 Å². The summed E-state index contributed by atoms with van der Waals surface area (Å²) in [5.74, 6) is 3.02. The summed E-state index contributed by atoms with van der Waals surface area (Å²) >= 11 is 0. The van der Waals surface area contributed by atoms with Crippen LogP contribution in [0.4, 0.5) is 5.82 Å². The van der Waals surface area contributed by atoms with Crippen molar-refractivity contribution in [2.24, 2.45) is 5.92 Å². The summed E-state index contributed by atoms with van der Waals surface area (Å²) in [5.41, 5.74) is 1.41. The number of likely N-dealkylation sites (tertiary alicyclic amines) is 1. The monoisotopic (exact) mass is 426 g/mol. The van der Waals surface area contributed by atoms with Gasteiger partial charge in [0.05, 0.1) is 7.11 Å². The highest BCUT2D eigenvalue weighted by atomic mass is 16.5. The first kappa shape index (κ1) is 23.0. The maximum Gasteiger partial charge on any atom is 0.254 e. The lowest BCUT2D eigenvalue weighted by molar-refractivity contribution is -0.152. The Bertz CT molecular complexity index is 892. The van der Waals surface area contributed by atoms with Gasteiger partial charge in [-0.25, -0.2) is 9.97 Å². The fourth-order valence-corrected chi connectivity index (χ4v) is 3.90. The summed E-state index contributed by atoms with van der Waals surface area (Å²) in [6.45, 7) is 7.77. The van der Waals surface area contributed by atoms with E-state index < -0.39 is 5.60 Å². The van der Waals surface area contributed by atoms with Gasteiger partial charge in [0.1, 0.15) is 23.0 Å². The molecule has 0 saturated carbocycles. The minimum Gasteiger partial charge on any atom is -0.497 e. The summed E-state index contributed by atoms with van der Waals surface area (Å²) in [6, 6.07) is 10.0. The third-order valence-corrected chi connectivity index (χ3v) is 5.92. The Labute approximate surface area is 185 Å². The molecule has 31 heavy (non-hydrogen) atoms. The van der Waals surface area contributed by atoms with Gasteiger partial charge in [-0.1, -0.05) is 12.1 Å². The molecular formula is C24H34N4O3. The van der Waals surface area contributed by atoms with Crippen molar-refractivity contribution in [1.82, 2.24) is 14.9 Å². The fourth-order valence-electron chi connectivity index (χ4n) is 3.90. The molecule has 0 bridgehead atoms. The summed E-state index contributed by atoms with van der Waals surface area (Å²) < 4.78 is 10.6. The largest absolute Gasteiger partial charge is 0.497 e. The number of aromatic nitrogens is 2. The quantitative estimate of drug-likeness (QED) is 0.695. The van der Waals surface area contributed by atoms with Crippen molar-refractivity contribution in [3.63, 3.8) is 0 Å². The Balaban J connectivity index is 1.57. The van der Waals surface area contributed by atoms with E-state index in [4.69, 9.17) is 9.47 Å². The standard InChI is InChI=1S/C24H34N4O3/c1-17-26-20(13-18-9-11-28(12-10-18)23(29)24(2,3)31-5)15-22(27-17)25-16-19-7-6-8-21(14-19)30-4/h6-8,14-15,18H,9-13,16H2,1-5H3,(H,25,26,27). The second-order valence-corrected chi connectivity index (χ2v) is 8.65. The van der Waals surface area contributed by atoms with Gasteiger partial charge in [0.15, 0.2) is 0 Å². The van der Waals surface area contributed by atoms with E-state index in [0.717, 1.165) is 61.0 Å². The van der Waals surface area contributed by atoms with Crippen LogP contribution in [-0.2, 0) is 22.5 Å². The first-order valence-electron chi connectivity index (χ1n) is 10.9. The Hall–Kier alpha value is -2.67. The predicted molar refractivity (Wildman–Crippen MR) is 121 cm³/mol. The van der Waals surface area contributed by atoms with Crippen LogP contribution in [0.25, 0.3) is 0 Å². The van der Waals surface area contributed by atoms with Crippen molar-refractivity contribution in [2.75, 3.05) is 32.6 Å². The minimum absolute atomic E-state index is 0.0651. The minimum atomic E-state index is -0.764. The summed E-state index contributed by atoms with van der Waals surface area (Å²) in [5, 5.41) is 3.40. The zero-order valence-electron chi connectivity index (χ0n) is 19.3. The van der Waals surface area contributed by atoms with Gasteiger partial charge in [-0.2, -0.15) is 0 Å². The number of anilines is 1. The SMILES string of the molecule is COc1cccc(CNc2cc(CC3CCN(C(=O)C(C)(C)OC)CC3)nc(C)n2)c1. The van der Waals surface area contributed by atoms with Gasteiger partial charge >= 0.3 is 0 Å². The van der Waals surface area contributed by atoms with E-state index in [1.54, 1.807) is 14.2 Å². The number of aryl methyl sites for hydroxylation is 1. The summed E-state index contributed by atoms with van der Waals surface area (Å²) in [4.78, 5) is 23.7. The molecule has 1 saturated heterocycles. The van der Waals surface area contributed by atoms with Crippen LogP contribution in [0.3, 0.4) is 0 Å². The van der Waals surface area contributed by atoms with E-state index in [0.29, 0.717) is 12.5 Å². The first-order valence-corrected chi connectivity index (χ1v) is 10.9. The van der Waals surface area contributed by atoms with E-state index in [1.165, 1.54) is 0 Å². The van der Waals surface area contributed by atoms with E-state index >= 15 is 0 Å². The van der Waals surface area contributed by atoms with Crippen molar-refractivity contribution >= 4 is 11.7 Å². The molecule has 1 aromatic carbocycles. The van der Waals surface area contributed by atoms with Crippen LogP contribution >= 0.6 is 0 Å². The maximum atomic E-state index is 12.6. The summed E-state index contributed by atoms with van der Waals surface area (Å²) in [6.07, 6.45) is 2.84. The topological polar surface area (TPSA) is 76.6 Å². The second-order valence-electron chi connectivity index (χ2n) is 8.65. The van der Waals surface area contributed by atoms with Gasteiger partial charge in [-0.3, -0.25) is 4.79 Å². The van der Waals surface area contributed by atoms with Crippen molar-refractivity contribution in [2.45, 2.75) is 52.2 Å². The number of ether oxygens (including phenoxy) is 2. The van der Waals surface area contributed by atoms with Crippen molar-refractivity contribution in [3.8, 4) is 5.75 Å². The number of piperidine rings is 1. The second kappa shape index (κ2) is 10.1. The number of nitrogens with zero attached hydrogens (tertiary/aromatic N) is 3. The van der Waals surface area contributed by atoms with E-state index in [1.807, 2.05) is 49.9 Å². The molecule has 168 valence electrons. The number of hydrogen-bond donors (Lipinski definition) is 1. The molecule has 1 aliphatic rings. The lowest BCUT2D eigenvalue weighted by Crippen LogP contribution is -2.49. The average molecular weight is 427 g/mol. The van der Waals surface area contributed by atoms with Crippen LogP contribution in [0.5, 0.6) is 5.75 Å². The van der Waals surface area contributed by atoms with E-state index in [9.17, 15) is 4.79 Å². The molecule has 7 heteroatoms. The molecule has 0 spiro atoms. The van der Waals surface area contributed by atoms with Crippen molar-refractivity contribution < 1.29 is 14.3 Å². The highest BCUT2D eigenvalue weighted by molar-refractivity contribution is 5.84. The van der Waals surface area contributed by atoms with Crippen LogP contribution < -0.4 is 10.1 Å². The molecule has 2 aromatic rings. The van der Waals surface area contributed by atoms with Crippen LogP contribution in [0.2, 0.25) is 0 Å². The zero-order valence-corrected chi connectivity index (χ0v) is 19.3. The molecule has 1 amide bonds. The normalized spacial score (nSPS) is 15.1. The van der Waals surface area contributed by atoms with Gasteiger partial charge in [-0.15, -0.1) is 0 Å². The number of nitrogens with one attached hydrogen (secondary N) is 1. The van der Waals surface area contributed by atoms with Crippen molar-refractivity contribution in [3.05, 3.63) is 47.4 Å². The van der Waals surface area contributed by atoms with Crippen LogP contribution in [-0.4, -0.2) is 53.7 Å². The molecule has 2 heterocycles. The number of carbonyl (C=O) groups excluding carboxylic acids is 1. The van der Waals surface area contributed by atoms with E-state index in [2.05, 4.69) is 21.4 Å². The van der Waals surface area contributed by atoms with Crippen LogP contribution in [0.15, 0.2) is 30.3 Å². The Morgan fingerprint density at radius 2 is 1.94 bits per heavy atom. The molecule has 3 rings (SSSR count). The number of benzene rings is 1. The molecular weight excluding hydrogens is 392 g/mol. The number of methoxy groups -OCH3 is 2. The molecule has 1 fully saturated rings. The van der Waals surface area contributed by atoms with Gasteiger partial charge in [-0.05, 0) is 63.6 Å². The molecule has 0 radical (unpaired) electrons. The molecule has 1 N–H and O–H groups in total. The highest BCUT2D eigenvalue weighted by Crippen LogP contribution is 2.24. The number of amides is 1. The molecule has 0 atom stereocenters. The zero-order chi connectivity index (χ0) is 22.4. The first-order chi connectivity index (χ1) is 14.8. The Morgan fingerprint density at radius 1 is 1.19 bits per heavy atom. The smallest absolute Gasteiger partial charge is 0.254 e. The highest BCUT2D eigenvalue weighted by Gasteiger charge is 2.34. The Kier molecular flexibility index (Phi) is 7.49. The van der Waals surface area contributed by atoms with Gasteiger partial charge in [0, 0.05) is 38.5 Å². The third kappa shape index (κ3) is 6.17. The van der Waals surface area contributed by atoms with E-state index in [-0.39, 0.29) is 5.91 Å². The molecule has 0 aliphatic carbocycles. The van der Waals surface area contributed by atoms with Crippen molar-refractivity contribution in [1.29, 1.82) is 0 Å². The molecule has 0 unspecified atom stereocenters. The maximum absolute atomic E-state index is 12.6.